The minimum atomic E-state index is -0.159. The highest BCUT2D eigenvalue weighted by Gasteiger charge is 2.32. The van der Waals surface area contributed by atoms with E-state index >= 15 is 0 Å². The van der Waals surface area contributed by atoms with Gasteiger partial charge in [0, 0.05) is 12.3 Å². The molecule has 1 saturated carbocycles. The number of hydrogen-bond acceptors (Lipinski definition) is 2. The number of rotatable bonds is 2. The maximum absolute atomic E-state index is 10.4. The second kappa shape index (κ2) is 2.60. The van der Waals surface area contributed by atoms with Crippen molar-refractivity contribution in [2.45, 2.75) is 33.1 Å². The van der Waals surface area contributed by atoms with Gasteiger partial charge in [-0.15, -0.1) is 0 Å². The van der Waals surface area contributed by atoms with Gasteiger partial charge >= 0.3 is 5.97 Å². The molecule has 2 heteroatoms. The first-order valence-electron chi connectivity index (χ1n) is 3.76. The average Bonchev–Trinajstić information content (AvgIpc) is 1.79. The molecule has 0 aliphatic heterocycles. The van der Waals surface area contributed by atoms with E-state index < -0.39 is 0 Å². The van der Waals surface area contributed by atoms with Crippen molar-refractivity contribution >= 4 is 5.97 Å². The number of ether oxygens (including phenoxy) is 1. The Bertz CT molecular complexity index is 136. The normalized spacial score (nSPS) is 21.4. The Balaban J connectivity index is 2.18. The highest BCUT2D eigenvalue weighted by atomic mass is 16.5. The lowest BCUT2D eigenvalue weighted by Gasteiger charge is -2.37. The van der Waals surface area contributed by atoms with E-state index in [0.717, 1.165) is 0 Å². The fraction of sp³-hybridized carbons (Fsp3) is 0.875. The summed E-state index contributed by atoms with van der Waals surface area (Å²) in [6, 6.07) is 0. The van der Waals surface area contributed by atoms with Crippen molar-refractivity contribution < 1.29 is 9.53 Å². The van der Waals surface area contributed by atoms with Gasteiger partial charge in [-0.2, -0.15) is 0 Å². The van der Waals surface area contributed by atoms with Gasteiger partial charge < -0.3 is 4.74 Å². The van der Waals surface area contributed by atoms with Crippen molar-refractivity contribution in [3.63, 3.8) is 0 Å². The smallest absolute Gasteiger partial charge is 0.302 e. The fourth-order valence-corrected chi connectivity index (χ4v) is 1.20. The van der Waals surface area contributed by atoms with E-state index in [2.05, 4.69) is 6.92 Å². The molecule has 2 nitrogen and oxygen atoms in total. The molecule has 10 heavy (non-hydrogen) atoms. The molecule has 0 radical (unpaired) electrons. The van der Waals surface area contributed by atoms with Gasteiger partial charge in [-0.25, -0.2) is 0 Å². The Morgan fingerprint density at radius 3 is 2.50 bits per heavy atom. The van der Waals surface area contributed by atoms with Gasteiger partial charge in [-0.1, -0.05) is 13.3 Å². The average molecular weight is 142 g/mol. The molecule has 0 bridgehead atoms. The summed E-state index contributed by atoms with van der Waals surface area (Å²) in [6.07, 6.45) is 3.71. The number of carbonyl (C=O) groups excluding carboxylic acids is 1. The van der Waals surface area contributed by atoms with Crippen LogP contribution in [0, 0.1) is 5.41 Å². The van der Waals surface area contributed by atoms with Crippen molar-refractivity contribution in [2.75, 3.05) is 6.61 Å². The molecule has 0 unspecified atom stereocenters. The van der Waals surface area contributed by atoms with Crippen LogP contribution < -0.4 is 0 Å². The third-order valence-electron chi connectivity index (χ3n) is 2.18. The molecule has 1 fully saturated rings. The summed E-state index contributed by atoms with van der Waals surface area (Å²) in [7, 11) is 0. The molecule has 0 aromatic rings. The molecule has 1 aliphatic carbocycles. The quantitative estimate of drug-likeness (QED) is 0.549. The van der Waals surface area contributed by atoms with Gasteiger partial charge in [-0.3, -0.25) is 4.79 Å². The third kappa shape index (κ3) is 1.72. The predicted octanol–water partition coefficient (Wildman–Crippen LogP) is 1.74. The molecule has 0 N–H and O–H groups in total. The van der Waals surface area contributed by atoms with Gasteiger partial charge in [0.05, 0.1) is 6.61 Å². The molecule has 0 heterocycles. The molecular weight excluding hydrogens is 128 g/mol. The summed E-state index contributed by atoms with van der Waals surface area (Å²) in [5.74, 6) is -0.159. The van der Waals surface area contributed by atoms with E-state index in [0.29, 0.717) is 12.0 Å². The van der Waals surface area contributed by atoms with E-state index in [1.54, 1.807) is 0 Å². The zero-order valence-corrected chi connectivity index (χ0v) is 6.64. The molecule has 0 aromatic carbocycles. The topological polar surface area (TPSA) is 26.3 Å². The molecule has 58 valence electrons. The largest absolute Gasteiger partial charge is 0.465 e. The van der Waals surface area contributed by atoms with Crippen LogP contribution in [-0.2, 0) is 9.53 Å². The van der Waals surface area contributed by atoms with Crippen LogP contribution in [0.3, 0.4) is 0 Å². The Hall–Kier alpha value is -0.530. The standard InChI is InChI=1S/C8H14O2/c1-7(9)10-6-8(2)4-3-5-8/h3-6H2,1-2H3. The van der Waals surface area contributed by atoms with Crippen LogP contribution in [-0.4, -0.2) is 12.6 Å². The Kier molecular flexibility index (Phi) is 1.97. The van der Waals surface area contributed by atoms with Crippen molar-refractivity contribution in [3.05, 3.63) is 0 Å². The zero-order chi connectivity index (χ0) is 7.61. The van der Waals surface area contributed by atoms with Crippen molar-refractivity contribution in [1.82, 2.24) is 0 Å². The lowest BCUT2D eigenvalue weighted by atomic mass is 9.71. The predicted molar refractivity (Wildman–Crippen MR) is 38.6 cm³/mol. The highest BCUT2D eigenvalue weighted by molar-refractivity contribution is 5.65. The van der Waals surface area contributed by atoms with E-state index in [9.17, 15) is 4.79 Å². The first-order chi connectivity index (χ1) is 4.62. The van der Waals surface area contributed by atoms with E-state index in [1.807, 2.05) is 0 Å². The van der Waals surface area contributed by atoms with Crippen LogP contribution in [0.4, 0.5) is 0 Å². The number of esters is 1. The molecular formula is C8H14O2. The van der Waals surface area contributed by atoms with E-state index in [4.69, 9.17) is 4.74 Å². The second-order valence-corrected chi connectivity index (χ2v) is 3.44. The SMILES string of the molecule is CC(=O)OCC1(C)CCC1. The minimum Gasteiger partial charge on any atom is -0.465 e. The molecule has 0 atom stereocenters. The lowest BCUT2D eigenvalue weighted by molar-refractivity contribution is -0.146. The van der Waals surface area contributed by atoms with Crippen LogP contribution in [0.25, 0.3) is 0 Å². The first kappa shape index (κ1) is 7.58. The molecule has 1 aliphatic rings. The van der Waals surface area contributed by atoms with E-state index in [1.165, 1.54) is 26.2 Å². The summed E-state index contributed by atoms with van der Waals surface area (Å²) in [6.45, 7) is 4.24. The maximum Gasteiger partial charge on any atom is 0.302 e. The number of carbonyl (C=O) groups is 1. The zero-order valence-electron chi connectivity index (χ0n) is 6.64. The molecule has 0 aromatic heterocycles. The third-order valence-corrected chi connectivity index (χ3v) is 2.18. The van der Waals surface area contributed by atoms with Gasteiger partial charge in [0.15, 0.2) is 0 Å². The van der Waals surface area contributed by atoms with Gasteiger partial charge in [0.1, 0.15) is 0 Å². The summed E-state index contributed by atoms with van der Waals surface area (Å²) < 4.78 is 4.91. The van der Waals surface area contributed by atoms with E-state index in [-0.39, 0.29) is 5.97 Å². The van der Waals surface area contributed by atoms with Gasteiger partial charge in [0.2, 0.25) is 0 Å². The highest BCUT2D eigenvalue weighted by Crippen LogP contribution is 2.40. The first-order valence-corrected chi connectivity index (χ1v) is 3.76. The van der Waals surface area contributed by atoms with Crippen LogP contribution in [0.1, 0.15) is 33.1 Å². The van der Waals surface area contributed by atoms with Crippen LogP contribution in [0.15, 0.2) is 0 Å². The van der Waals surface area contributed by atoms with Gasteiger partial charge in [0.25, 0.3) is 0 Å². The summed E-state index contributed by atoms with van der Waals surface area (Å²) in [5, 5.41) is 0. The molecule has 1 rings (SSSR count). The Morgan fingerprint density at radius 1 is 1.60 bits per heavy atom. The monoisotopic (exact) mass is 142 g/mol. The summed E-state index contributed by atoms with van der Waals surface area (Å²) >= 11 is 0. The molecule has 0 amide bonds. The number of hydrogen-bond donors (Lipinski definition) is 0. The Labute approximate surface area is 61.6 Å². The second-order valence-electron chi connectivity index (χ2n) is 3.44. The summed E-state index contributed by atoms with van der Waals surface area (Å²) in [5.41, 5.74) is 0.311. The van der Waals surface area contributed by atoms with Gasteiger partial charge in [-0.05, 0) is 12.8 Å². The minimum absolute atomic E-state index is 0.159. The fourth-order valence-electron chi connectivity index (χ4n) is 1.20. The Morgan fingerprint density at radius 2 is 2.20 bits per heavy atom. The molecule has 0 spiro atoms. The summed E-state index contributed by atoms with van der Waals surface area (Å²) in [4.78, 5) is 10.4. The van der Waals surface area contributed by atoms with Crippen LogP contribution in [0.2, 0.25) is 0 Å². The van der Waals surface area contributed by atoms with Crippen molar-refractivity contribution in [1.29, 1.82) is 0 Å². The lowest BCUT2D eigenvalue weighted by Crippen LogP contribution is -2.31. The van der Waals surface area contributed by atoms with Crippen LogP contribution >= 0.6 is 0 Å². The van der Waals surface area contributed by atoms with Crippen molar-refractivity contribution in [3.8, 4) is 0 Å². The maximum atomic E-state index is 10.4. The van der Waals surface area contributed by atoms with Crippen LogP contribution in [0.5, 0.6) is 0 Å². The van der Waals surface area contributed by atoms with Crippen molar-refractivity contribution in [2.24, 2.45) is 5.41 Å². The molecule has 0 saturated heterocycles.